The number of carbonyl (C=O) groups is 2. The molecule has 0 aromatic heterocycles. The van der Waals surface area contributed by atoms with Gasteiger partial charge in [0.15, 0.2) is 0 Å². The van der Waals surface area contributed by atoms with E-state index in [9.17, 15) is 14.7 Å². The number of aliphatic hydroxyl groups is 1. The van der Waals surface area contributed by atoms with Crippen molar-refractivity contribution in [1.29, 1.82) is 0 Å². The van der Waals surface area contributed by atoms with Gasteiger partial charge in [-0.25, -0.2) is 0 Å². The highest BCUT2D eigenvalue weighted by Crippen LogP contribution is 2.08. The second kappa shape index (κ2) is 6.72. The number of rotatable bonds is 7. The Labute approximate surface area is 99.1 Å². The maximum absolute atomic E-state index is 11.4. The van der Waals surface area contributed by atoms with E-state index < -0.39 is 23.5 Å². The van der Waals surface area contributed by atoms with Crippen molar-refractivity contribution < 1.29 is 14.7 Å². The average molecular weight is 249 g/mol. The molecule has 0 saturated heterocycles. The van der Waals surface area contributed by atoms with E-state index in [1.807, 2.05) is 6.26 Å². The van der Waals surface area contributed by atoms with Gasteiger partial charge in [0, 0.05) is 12.3 Å². The Morgan fingerprint density at radius 1 is 1.56 bits per heavy atom. The van der Waals surface area contributed by atoms with E-state index in [-0.39, 0.29) is 13.0 Å². The van der Waals surface area contributed by atoms with Gasteiger partial charge in [0.1, 0.15) is 0 Å². The first kappa shape index (κ1) is 15.2. The van der Waals surface area contributed by atoms with Crippen LogP contribution in [0.15, 0.2) is 0 Å². The van der Waals surface area contributed by atoms with E-state index in [0.29, 0.717) is 5.75 Å². The van der Waals surface area contributed by atoms with Gasteiger partial charge in [0.2, 0.25) is 11.8 Å². The zero-order valence-electron chi connectivity index (χ0n) is 9.53. The Morgan fingerprint density at radius 2 is 2.12 bits per heavy atom. The summed E-state index contributed by atoms with van der Waals surface area (Å²) in [6, 6.07) is -0.956. The Hall–Kier alpha value is -0.790. The molecule has 6 N–H and O–H groups in total. The third kappa shape index (κ3) is 6.65. The van der Waals surface area contributed by atoms with E-state index in [2.05, 4.69) is 5.32 Å². The minimum absolute atomic E-state index is 0.0964. The number of amides is 2. The molecule has 0 aliphatic rings. The van der Waals surface area contributed by atoms with Crippen LogP contribution in [-0.4, -0.2) is 47.1 Å². The smallest absolute Gasteiger partial charge is 0.237 e. The molecule has 16 heavy (non-hydrogen) atoms. The predicted molar refractivity (Wildman–Crippen MR) is 63.8 cm³/mol. The molecule has 0 aromatic carbocycles. The third-order valence-electron chi connectivity index (χ3n) is 1.86. The van der Waals surface area contributed by atoms with Crippen molar-refractivity contribution in [2.24, 2.45) is 11.5 Å². The molecule has 0 radical (unpaired) electrons. The molecule has 6 nitrogen and oxygen atoms in total. The second-order valence-electron chi connectivity index (χ2n) is 3.92. The Balaban J connectivity index is 4.01. The van der Waals surface area contributed by atoms with Crippen LogP contribution >= 0.6 is 11.8 Å². The number of nitrogens with one attached hydrogen (secondary N) is 1. The lowest BCUT2D eigenvalue weighted by molar-refractivity contribution is -0.126. The van der Waals surface area contributed by atoms with Crippen molar-refractivity contribution in [2.75, 3.05) is 18.6 Å². The summed E-state index contributed by atoms with van der Waals surface area (Å²) in [6.07, 6.45) is 1.66. The number of hydrogen-bond acceptors (Lipinski definition) is 5. The Morgan fingerprint density at radius 3 is 2.56 bits per heavy atom. The van der Waals surface area contributed by atoms with Crippen LogP contribution in [0.4, 0.5) is 0 Å². The van der Waals surface area contributed by atoms with Gasteiger partial charge >= 0.3 is 0 Å². The third-order valence-corrected chi connectivity index (χ3v) is 2.77. The molecule has 0 saturated carbocycles. The summed E-state index contributed by atoms with van der Waals surface area (Å²) in [5.74, 6) is -0.614. The van der Waals surface area contributed by atoms with Crippen LogP contribution in [0.1, 0.15) is 13.3 Å². The molecule has 0 aromatic rings. The zero-order chi connectivity index (χ0) is 12.8. The molecular formula is C9H19N3O3S. The summed E-state index contributed by atoms with van der Waals surface area (Å²) in [5.41, 5.74) is 9.35. The zero-order valence-corrected chi connectivity index (χ0v) is 10.3. The normalized spacial score (nSPS) is 16.2. The number of carbonyl (C=O) groups excluding carboxylic acids is 2. The maximum atomic E-state index is 11.4. The maximum Gasteiger partial charge on any atom is 0.237 e. The number of thioether (sulfide) groups is 1. The average Bonchev–Trinajstić information content (AvgIpc) is 2.13. The van der Waals surface area contributed by atoms with Crippen molar-refractivity contribution in [1.82, 2.24) is 5.32 Å². The fourth-order valence-corrected chi connectivity index (χ4v) is 1.80. The highest BCUT2D eigenvalue weighted by Gasteiger charge is 2.22. The molecule has 7 heteroatoms. The van der Waals surface area contributed by atoms with E-state index in [1.54, 1.807) is 6.92 Å². The largest absolute Gasteiger partial charge is 0.387 e. The van der Waals surface area contributed by atoms with Gasteiger partial charge < -0.3 is 21.9 Å². The molecule has 2 atom stereocenters. The van der Waals surface area contributed by atoms with Crippen molar-refractivity contribution in [3.05, 3.63) is 0 Å². The summed E-state index contributed by atoms with van der Waals surface area (Å²) in [6.45, 7) is 1.71. The van der Waals surface area contributed by atoms with Crippen molar-refractivity contribution >= 4 is 23.6 Å². The molecule has 0 aliphatic heterocycles. The lowest BCUT2D eigenvalue weighted by atomic mass is 10.1. The standard InChI is InChI=1S/C9H19N3O3S/c1-9(15,5-16-2)4-12-8(14)6(10)3-7(11)13/h6,15H,3-5,10H2,1-2H3,(H2,11,13)(H,12,14). The molecule has 0 aliphatic carbocycles. The molecule has 0 rings (SSSR count). The van der Waals surface area contributed by atoms with E-state index in [4.69, 9.17) is 11.5 Å². The second-order valence-corrected chi connectivity index (χ2v) is 4.79. The number of primary amides is 1. The first-order valence-electron chi connectivity index (χ1n) is 4.81. The van der Waals surface area contributed by atoms with Crippen LogP contribution in [0.5, 0.6) is 0 Å². The molecule has 94 valence electrons. The highest BCUT2D eigenvalue weighted by atomic mass is 32.2. The van der Waals surface area contributed by atoms with Crippen LogP contribution in [0.3, 0.4) is 0 Å². The molecule has 0 spiro atoms. The quantitative estimate of drug-likeness (QED) is 0.434. The Bertz CT molecular complexity index is 258. The molecule has 2 unspecified atom stereocenters. The van der Waals surface area contributed by atoms with Crippen LogP contribution < -0.4 is 16.8 Å². The Kier molecular flexibility index (Phi) is 6.39. The molecule has 0 bridgehead atoms. The van der Waals surface area contributed by atoms with Crippen LogP contribution in [0, 0.1) is 0 Å². The summed E-state index contributed by atoms with van der Waals surface area (Å²) >= 11 is 1.47. The topological polar surface area (TPSA) is 118 Å². The van der Waals surface area contributed by atoms with Crippen molar-refractivity contribution in [3.8, 4) is 0 Å². The van der Waals surface area contributed by atoms with E-state index >= 15 is 0 Å². The summed E-state index contributed by atoms with van der Waals surface area (Å²) in [7, 11) is 0. The minimum atomic E-state index is -0.985. The minimum Gasteiger partial charge on any atom is -0.387 e. The van der Waals surface area contributed by atoms with Gasteiger partial charge in [-0.3, -0.25) is 9.59 Å². The molecule has 0 heterocycles. The van der Waals surface area contributed by atoms with E-state index in [1.165, 1.54) is 11.8 Å². The monoisotopic (exact) mass is 249 g/mol. The van der Waals surface area contributed by atoms with Gasteiger partial charge in [-0.1, -0.05) is 0 Å². The molecular weight excluding hydrogens is 230 g/mol. The van der Waals surface area contributed by atoms with Gasteiger partial charge in [-0.2, -0.15) is 11.8 Å². The summed E-state index contributed by atoms with van der Waals surface area (Å²) in [5, 5.41) is 12.2. The van der Waals surface area contributed by atoms with Crippen LogP contribution in [0.2, 0.25) is 0 Å². The van der Waals surface area contributed by atoms with Gasteiger partial charge in [0.05, 0.1) is 18.1 Å². The predicted octanol–water partition coefficient (Wildman–Crippen LogP) is -1.58. The number of hydrogen-bond donors (Lipinski definition) is 4. The summed E-state index contributed by atoms with van der Waals surface area (Å²) < 4.78 is 0. The van der Waals surface area contributed by atoms with Crippen molar-refractivity contribution in [3.63, 3.8) is 0 Å². The molecule has 2 amide bonds. The van der Waals surface area contributed by atoms with Gasteiger partial charge in [-0.05, 0) is 13.2 Å². The van der Waals surface area contributed by atoms with Gasteiger partial charge in [0.25, 0.3) is 0 Å². The summed E-state index contributed by atoms with van der Waals surface area (Å²) in [4.78, 5) is 21.9. The van der Waals surface area contributed by atoms with E-state index in [0.717, 1.165) is 0 Å². The van der Waals surface area contributed by atoms with Crippen LogP contribution in [0.25, 0.3) is 0 Å². The lowest BCUT2D eigenvalue weighted by Crippen LogP contribution is -2.49. The fourth-order valence-electron chi connectivity index (χ4n) is 1.08. The first-order valence-corrected chi connectivity index (χ1v) is 6.21. The lowest BCUT2D eigenvalue weighted by Gasteiger charge is -2.23. The fraction of sp³-hybridized carbons (Fsp3) is 0.778. The number of nitrogens with two attached hydrogens (primary N) is 2. The highest BCUT2D eigenvalue weighted by molar-refractivity contribution is 7.98. The van der Waals surface area contributed by atoms with Crippen molar-refractivity contribution in [2.45, 2.75) is 25.0 Å². The SMILES string of the molecule is CSCC(C)(O)CNC(=O)C(N)CC(N)=O. The van der Waals surface area contributed by atoms with Crippen LogP contribution in [-0.2, 0) is 9.59 Å². The van der Waals surface area contributed by atoms with Gasteiger partial charge in [-0.15, -0.1) is 0 Å². The molecule has 0 fully saturated rings. The first-order chi connectivity index (χ1) is 7.28.